The van der Waals surface area contributed by atoms with Crippen molar-refractivity contribution < 1.29 is 14.3 Å². The van der Waals surface area contributed by atoms with Gasteiger partial charge in [-0.15, -0.1) is 0 Å². The molecule has 2 atom stereocenters. The van der Waals surface area contributed by atoms with Crippen molar-refractivity contribution in [3.63, 3.8) is 0 Å². The lowest BCUT2D eigenvalue weighted by atomic mass is 9.90. The van der Waals surface area contributed by atoms with Crippen molar-refractivity contribution in [1.82, 2.24) is 0 Å². The minimum absolute atomic E-state index is 0.0421. The molecule has 1 saturated heterocycles. The van der Waals surface area contributed by atoms with Gasteiger partial charge in [0.2, 0.25) is 0 Å². The first-order valence-electron chi connectivity index (χ1n) is 6.05. The van der Waals surface area contributed by atoms with Crippen LogP contribution < -0.4 is 0 Å². The molecule has 1 heterocycles. The number of esters is 1. The highest BCUT2D eigenvalue weighted by molar-refractivity contribution is 5.73. The molecule has 0 saturated carbocycles. The molecule has 0 aromatic heterocycles. The normalized spacial score (nSPS) is 24.4. The lowest BCUT2D eigenvalue weighted by molar-refractivity contribution is -0.157. The Hall–Kier alpha value is -1.35. The van der Waals surface area contributed by atoms with E-state index in [9.17, 15) is 4.79 Å². The summed E-state index contributed by atoms with van der Waals surface area (Å²) in [5.74, 6) is 0.157. The molecule has 17 heavy (non-hydrogen) atoms. The molecule has 0 spiro atoms. The predicted octanol–water partition coefficient (Wildman–Crippen LogP) is 2.40. The Morgan fingerprint density at radius 2 is 2.12 bits per heavy atom. The molecule has 1 aromatic carbocycles. The molecule has 0 radical (unpaired) electrons. The molecule has 1 aliphatic heterocycles. The van der Waals surface area contributed by atoms with Gasteiger partial charge in [-0.05, 0) is 17.9 Å². The first-order chi connectivity index (χ1) is 8.27. The molecule has 0 aliphatic carbocycles. The van der Waals surface area contributed by atoms with Crippen LogP contribution >= 0.6 is 0 Å². The van der Waals surface area contributed by atoms with Crippen LogP contribution in [0, 0.1) is 11.8 Å². The molecule has 1 aliphatic rings. The van der Waals surface area contributed by atoms with Gasteiger partial charge in [0, 0.05) is 0 Å². The van der Waals surface area contributed by atoms with Gasteiger partial charge in [0.25, 0.3) is 0 Å². The molecule has 3 heteroatoms. The van der Waals surface area contributed by atoms with Crippen molar-refractivity contribution in [3.05, 3.63) is 35.9 Å². The Bertz CT molecular complexity index is 361. The van der Waals surface area contributed by atoms with Crippen LogP contribution in [0.5, 0.6) is 0 Å². The minimum Gasteiger partial charge on any atom is -0.465 e. The smallest absolute Gasteiger partial charge is 0.309 e. The number of ether oxygens (including phenoxy) is 2. The van der Waals surface area contributed by atoms with Crippen molar-refractivity contribution in [3.8, 4) is 0 Å². The average molecular weight is 234 g/mol. The summed E-state index contributed by atoms with van der Waals surface area (Å²) in [6.07, 6.45) is 0.904. The topological polar surface area (TPSA) is 35.5 Å². The van der Waals surface area contributed by atoms with Gasteiger partial charge in [0.1, 0.15) is 0 Å². The van der Waals surface area contributed by atoms with E-state index in [4.69, 9.17) is 9.47 Å². The van der Waals surface area contributed by atoms with Gasteiger partial charge in [-0.3, -0.25) is 4.79 Å². The van der Waals surface area contributed by atoms with E-state index >= 15 is 0 Å². The molecular formula is C14H18O3. The van der Waals surface area contributed by atoms with Crippen LogP contribution in [0.25, 0.3) is 0 Å². The van der Waals surface area contributed by atoms with Crippen molar-refractivity contribution in [2.24, 2.45) is 11.8 Å². The van der Waals surface area contributed by atoms with Gasteiger partial charge >= 0.3 is 5.97 Å². The van der Waals surface area contributed by atoms with Crippen LogP contribution in [0.1, 0.15) is 18.9 Å². The van der Waals surface area contributed by atoms with Gasteiger partial charge in [0.15, 0.2) is 0 Å². The van der Waals surface area contributed by atoms with Crippen molar-refractivity contribution in [2.75, 3.05) is 13.2 Å². The number of rotatable bonds is 4. The number of carbonyl (C=O) groups is 1. The van der Waals surface area contributed by atoms with Crippen molar-refractivity contribution in [2.45, 2.75) is 20.0 Å². The second-order valence-electron chi connectivity index (χ2n) is 4.51. The molecule has 1 fully saturated rings. The Kier molecular flexibility index (Phi) is 4.15. The highest BCUT2D eigenvalue weighted by Gasteiger charge is 2.29. The molecular weight excluding hydrogens is 216 g/mol. The van der Waals surface area contributed by atoms with E-state index in [1.807, 2.05) is 37.3 Å². The van der Waals surface area contributed by atoms with E-state index in [1.54, 1.807) is 0 Å². The molecule has 0 N–H and O–H groups in total. The zero-order chi connectivity index (χ0) is 12.1. The van der Waals surface area contributed by atoms with Gasteiger partial charge < -0.3 is 9.47 Å². The monoisotopic (exact) mass is 234 g/mol. The lowest BCUT2D eigenvalue weighted by Crippen LogP contribution is -2.33. The van der Waals surface area contributed by atoms with Crippen LogP contribution in [0.15, 0.2) is 30.3 Å². The highest BCUT2D eigenvalue weighted by Crippen LogP contribution is 2.23. The first kappa shape index (κ1) is 12.1. The van der Waals surface area contributed by atoms with Crippen LogP contribution in [-0.2, 0) is 20.9 Å². The van der Waals surface area contributed by atoms with E-state index in [0.29, 0.717) is 25.7 Å². The Labute approximate surface area is 102 Å². The highest BCUT2D eigenvalue weighted by atomic mass is 16.5. The van der Waals surface area contributed by atoms with Gasteiger partial charge in [-0.25, -0.2) is 0 Å². The third-order valence-corrected chi connectivity index (χ3v) is 3.26. The summed E-state index contributed by atoms with van der Waals surface area (Å²) < 4.78 is 10.7. The predicted molar refractivity (Wildman–Crippen MR) is 64.3 cm³/mol. The van der Waals surface area contributed by atoms with Crippen LogP contribution in [-0.4, -0.2) is 19.2 Å². The maximum atomic E-state index is 11.4. The summed E-state index contributed by atoms with van der Waals surface area (Å²) in [4.78, 5) is 11.4. The maximum Gasteiger partial charge on any atom is 0.309 e. The number of cyclic esters (lactones) is 1. The molecule has 2 rings (SSSR count). The van der Waals surface area contributed by atoms with E-state index in [1.165, 1.54) is 5.56 Å². The van der Waals surface area contributed by atoms with Crippen molar-refractivity contribution >= 4 is 5.97 Å². The van der Waals surface area contributed by atoms with E-state index in [0.717, 1.165) is 6.42 Å². The zero-order valence-electron chi connectivity index (χ0n) is 10.1. The van der Waals surface area contributed by atoms with E-state index in [-0.39, 0.29) is 11.9 Å². The molecule has 92 valence electrons. The molecule has 3 nitrogen and oxygen atoms in total. The largest absolute Gasteiger partial charge is 0.465 e. The first-order valence-corrected chi connectivity index (χ1v) is 6.05. The summed E-state index contributed by atoms with van der Waals surface area (Å²) in [7, 11) is 0. The standard InChI is InChI=1S/C14H18O3/c1-11-13(7-8-17-14(11)15)10-16-9-12-5-3-2-4-6-12/h2-6,11,13H,7-10H2,1H3/t11-,13+/m0/s1. The van der Waals surface area contributed by atoms with Crippen LogP contribution in [0.2, 0.25) is 0 Å². The van der Waals surface area contributed by atoms with Gasteiger partial charge in [-0.2, -0.15) is 0 Å². The molecule has 0 amide bonds. The average Bonchev–Trinajstić information content (AvgIpc) is 2.36. The number of hydrogen-bond acceptors (Lipinski definition) is 3. The van der Waals surface area contributed by atoms with Gasteiger partial charge in [0.05, 0.1) is 25.7 Å². The number of benzene rings is 1. The SMILES string of the molecule is C[C@@H]1C(=O)OCC[C@@H]1COCc1ccccc1. The summed E-state index contributed by atoms with van der Waals surface area (Å²) in [6, 6.07) is 10.1. The summed E-state index contributed by atoms with van der Waals surface area (Å²) in [6.45, 7) is 3.69. The quantitative estimate of drug-likeness (QED) is 0.750. The third-order valence-electron chi connectivity index (χ3n) is 3.26. The summed E-state index contributed by atoms with van der Waals surface area (Å²) >= 11 is 0. The van der Waals surface area contributed by atoms with Crippen LogP contribution in [0.4, 0.5) is 0 Å². The second-order valence-corrected chi connectivity index (χ2v) is 4.51. The summed E-state index contributed by atoms with van der Waals surface area (Å²) in [5, 5.41) is 0. The third kappa shape index (κ3) is 3.30. The lowest BCUT2D eigenvalue weighted by Gasteiger charge is -2.27. The molecule has 0 unspecified atom stereocenters. The van der Waals surface area contributed by atoms with E-state index in [2.05, 4.69) is 0 Å². The Morgan fingerprint density at radius 1 is 1.35 bits per heavy atom. The van der Waals surface area contributed by atoms with Crippen LogP contribution in [0.3, 0.4) is 0 Å². The number of carbonyl (C=O) groups excluding carboxylic acids is 1. The summed E-state index contributed by atoms with van der Waals surface area (Å²) in [5.41, 5.74) is 1.17. The Balaban J connectivity index is 1.76. The zero-order valence-corrected chi connectivity index (χ0v) is 10.1. The molecule has 0 bridgehead atoms. The molecule has 1 aromatic rings. The maximum absolute atomic E-state index is 11.4. The fraction of sp³-hybridized carbons (Fsp3) is 0.500. The van der Waals surface area contributed by atoms with E-state index < -0.39 is 0 Å². The Morgan fingerprint density at radius 3 is 2.88 bits per heavy atom. The fourth-order valence-corrected chi connectivity index (χ4v) is 2.01. The van der Waals surface area contributed by atoms with Gasteiger partial charge in [-0.1, -0.05) is 37.3 Å². The van der Waals surface area contributed by atoms with Crippen molar-refractivity contribution in [1.29, 1.82) is 0 Å². The second kappa shape index (κ2) is 5.82. The minimum atomic E-state index is -0.0930. The number of hydrogen-bond donors (Lipinski definition) is 0. The fourth-order valence-electron chi connectivity index (χ4n) is 2.01.